The number of guanidine groups is 1. The van der Waals surface area contributed by atoms with Crippen LogP contribution in [0.2, 0.25) is 0 Å². The lowest BCUT2D eigenvalue weighted by Gasteiger charge is -2.35. The number of halogens is 1. The largest absolute Gasteiger partial charge is 0.379 e. The van der Waals surface area contributed by atoms with Crippen molar-refractivity contribution >= 4 is 29.9 Å². The number of rotatable bonds is 9. The van der Waals surface area contributed by atoms with Crippen LogP contribution in [0.4, 0.5) is 0 Å². The fraction of sp³-hybridized carbons (Fsp3) is 0.941. The molecule has 6 heteroatoms. The minimum Gasteiger partial charge on any atom is -0.379 e. The van der Waals surface area contributed by atoms with Crippen LogP contribution in [-0.4, -0.2) is 62.8 Å². The maximum atomic E-state index is 5.53. The second-order valence-electron chi connectivity index (χ2n) is 6.29. The maximum absolute atomic E-state index is 5.53. The van der Waals surface area contributed by atoms with E-state index in [0.29, 0.717) is 6.10 Å². The molecule has 0 aromatic carbocycles. The predicted molar refractivity (Wildman–Crippen MR) is 110 cm³/mol. The van der Waals surface area contributed by atoms with Gasteiger partial charge in [0.15, 0.2) is 5.96 Å². The van der Waals surface area contributed by atoms with Crippen molar-refractivity contribution in [3.63, 3.8) is 0 Å². The first kappa shape index (κ1) is 22.9. The second kappa shape index (κ2) is 14.3. The Morgan fingerprint density at radius 3 is 2.65 bits per heavy atom. The molecule has 5 nitrogen and oxygen atoms in total. The number of nitrogens with one attached hydrogen (secondary N) is 2. The van der Waals surface area contributed by atoms with Gasteiger partial charge in [0.2, 0.25) is 0 Å². The molecule has 0 bridgehead atoms. The standard InChI is InChI=1S/C17H36N4O.HI/c1-5-16-9-6-7-12-21(16)13-11-20-17(18-4)19-10-8-14-22-15(2)3;/h15-16H,5-14H2,1-4H3,(H2,18,19,20);1H. The third-order valence-electron chi connectivity index (χ3n) is 4.20. The molecule has 138 valence electrons. The molecule has 1 rings (SSSR count). The van der Waals surface area contributed by atoms with Gasteiger partial charge < -0.3 is 15.4 Å². The van der Waals surface area contributed by atoms with Gasteiger partial charge >= 0.3 is 0 Å². The van der Waals surface area contributed by atoms with E-state index in [0.717, 1.165) is 44.7 Å². The van der Waals surface area contributed by atoms with Crippen molar-refractivity contribution in [3.8, 4) is 0 Å². The zero-order valence-corrected chi connectivity index (χ0v) is 17.8. The Labute approximate surface area is 160 Å². The minimum atomic E-state index is 0. The van der Waals surface area contributed by atoms with Crippen molar-refractivity contribution in [2.75, 3.05) is 39.8 Å². The van der Waals surface area contributed by atoms with Crippen LogP contribution in [0, 0.1) is 0 Å². The van der Waals surface area contributed by atoms with Crippen molar-refractivity contribution < 1.29 is 4.74 Å². The zero-order valence-electron chi connectivity index (χ0n) is 15.4. The summed E-state index contributed by atoms with van der Waals surface area (Å²) in [5, 5.41) is 6.76. The molecular weight excluding hydrogens is 403 g/mol. The molecule has 1 aliphatic heterocycles. The molecule has 0 radical (unpaired) electrons. The van der Waals surface area contributed by atoms with Crippen LogP contribution in [0.5, 0.6) is 0 Å². The fourth-order valence-electron chi connectivity index (χ4n) is 2.95. The highest BCUT2D eigenvalue weighted by molar-refractivity contribution is 14.0. The molecule has 1 atom stereocenters. The van der Waals surface area contributed by atoms with Crippen molar-refractivity contribution in [1.29, 1.82) is 0 Å². The highest BCUT2D eigenvalue weighted by atomic mass is 127. The van der Waals surface area contributed by atoms with E-state index < -0.39 is 0 Å². The molecule has 1 fully saturated rings. The Morgan fingerprint density at radius 1 is 1.26 bits per heavy atom. The number of nitrogens with zero attached hydrogens (tertiary/aromatic N) is 2. The number of piperidine rings is 1. The van der Waals surface area contributed by atoms with E-state index >= 15 is 0 Å². The lowest BCUT2D eigenvalue weighted by atomic mass is 10.0. The van der Waals surface area contributed by atoms with Crippen LogP contribution in [0.1, 0.15) is 52.9 Å². The monoisotopic (exact) mass is 440 g/mol. The van der Waals surface area contributed by atoms with E-state index in [-0.39, 0.29) is 24.0 Å². The number of hydrogen-bond acceptors (Lipinski definition) is 3. The molecule has 1 aliphatic rings. The molecule has 0 saturated carbocycles. The maximum Gasteiger partial charge on any atom is 0.191 e. The van der Waals surface area contributed by atoms with E-state index in [1.807, 2.05) is 7.05 Å². The molecule has 0 aromatic rings. The summed E-state index contributed by atoms with van der Waals surface area (Å²) < 4.78 is 5.53. The van der Waals surface area contributed by atoms with Gasteiger partial charge in [-0.25, -0.2) is 0 Å². The molecule has 0 amide bonds. The average Bonchev–Trinajstić information content (AvgIpc) is 2.53. The Morgan fingerprint density at radius 2 is 2.00 bits per heavy atom. The van der Waals surface area contributed by atoms with Crippen molar-refractivity contribution in [2.24, 2.45) is 4.99 Å². The Kier molecular flexibility index (Phi) is 14.2. The van der Waals surface area contributed by atoms with Crippen LogP contribution in [0.3, 0.4) is 0 Å². The highest BCUT2D eigenvalue weighted by Gasteiger charge is 2.19. The predicted octanol–water partition coefficient (Wildman–Crippen LogP) is 2.85. The van der Waals surface area contributed by atoms with Gasteiger partial charge in [0.05, 0.1) is 6.10 Å². The normalized spacial score (nSPS) is 19.5. The number of likely N-dealkylation sites (tertiary alicyclic amines) is 1. The lowest BCUT2D eigenvalue weighted by Crippen LogP contribution is -2.46. The number of ether oxygens (including phenoxy) is 1. The molecule has 1 saturated heterocycles. The van der Waals surface area contributed by atoms with E-state index in [4.69, 9.17) is 4.74 Å². The van der Waals surface area contributed by atoms with Crippen molar-refractivity contribution in [1.82, 2.24) is 15.5 Å². The summed E-state index contributed by atoms with van der Waals surface area (Å²) in [5.41, 5.74) is 0. The minimum absolute atomic E-state index is 0. The van der Waals surface area contributed by atoms with Crippen LogP contribution in [-0.2, 0) is 4.74 Å². The van der Waals surface area contributed by atoms with Gasteiger partial charge in [0, 0.05) is 39.3 Å². The topological polar surface area (TPSA) is 48.9 Å². The second-order valence-corrected chi connectivity index (χ2v) is 6.29. The summed E-state index contributed by atoms with van der Waals surface area (Å²) in [5.74, 6) is 0.898. The molecule has 0 aliphatic carbocycles. The average molecular weight is 440 g/mol. The third-order valence-corrected chi connectivity index (χ3v) is 4.20. The smallest absolute Gasteiger partial charge is 0.191 e. The molecular formula is C17H37IN4O. The molecule has 2 N–H and O–H groups in total. The fourth-order valence-corrected chi connectivity index (χ4v) is 2.95. The summed E-state index contributed by atoms with van der Waals surface area (Å²) in [6, 6.07) is 0.777. The Hall–Kier alpha value is -0.0800. The van der Waals surface area contributed by atoms with Gasteiger partial charge in [0.1, 0.15) is 0 Å². The summed E-state index contributed by atoms with van der Waals surface area (Å²) in [7, 11) is 1.83. The third kappa shape index (κ3) is 10.4. The van der Waals surface area contributed by atoms with Crippen molar-refractivity contribution in [2.45, 2.75) is 65.0 Å². The first-order valence-electron chi connectivity index (χ1n) is 8.97. The van der Waals surface area contributed by atoms with Gasteiger partial charge in [-0.2, -0.15) is 0 Å². The van der Waals surface area contributed by atoms with Gasteiger partial charge in [-0.05, 0) is 46.1 Å². The molecule has 0 aromatic heterocycles. The zero-order chi connectivity index (χ0) is 16.2. The summed E-state index contributed by atoms with van der Waals surface area (Å²) in [6.45, 7) is 11.4. The SMILES string of the molecule is CCC1CCCCN1CCNC(=NC)NCCCOC(C)C.I. The first-order chi connectivity index (χ1) is 10.7. The van der Waals surface area contributed by atoms with Crippen molar-refractivity contribution in [3.05, 3.63) is 0 Å². The Balaban J connectivity index is 0.00000484. The molecule has 23 heavy (non-hydrogen) atoms. The quantitative estimate of drug-likeness (QED) is 0.251. The van der Waals surface area contributed by atoms with E-state index in [1.54, 1.807) is 0 Å². The summed E-state index contributed by atoms with van der Waals surface area (Å²) >= 11 is 0. The van der Waals surface area contributed by atoms with E-state index in [1.165, 1.54) is 32.2 Å². The Bertz CT molecular complexity index is 313. The number of aliphatic imine (C=N–C) groups is 1. The first-order valence-corrected chi connectivity index (χ1v) is 8.97. The van der Waals surface area contributed by atoms with E-state index in [9.17, 15) is 0 Å². The van der Waals surface area contributed by atoms with Crippen LogP contribution < -0.4 is 10.6 Å². The van der Waals surface area contributed by atoms with Crippen LogP contribution in [0.15, 0.2) is 4.99 Å². The van der Waals surface area contributed by atoms with Gasteiger partial charge in [-0.3, -0.25) is 9.89 Å². The van der Waals surface area contributed by atoms with E-state index in [2.05, 4.69) is 41.3 Å². The molecule has 0 spiro atoms. The molecule has 1 unspecified atom stereocenters. The van der Waals surface area contributed by atoms with Gasteiger partial charge in [-0.15, -0.1) is 24.0 Å². The van der Waals surface area contributed by atoms with Crippen LogP contribution in [0.25, 0.3) is 0 Å². The highest BCUT2D eigenvalue weighted by Crippen LogP contribution is 2.18. The number of hydrogen-bond donors (Lipinski definition) is 2. The van der Waals surface area contributed by atoms with Gasteiger partial charge in [0.25, 0.3) is 0 Å². The molecule has 1 heterocycles. The summed E-state index contributed by atoms with van der Waals surface area (Å²) in [6.07, 6.45) is 6.68. The lowest BCUT2D eigenvalue weighted by molar-refractivity contribution is 0.0776. The van der Waals surface area contributed by atoms with Gasteiger partial charge in [-0.1, -0.05) is 13.3 Å². The van der Waals surface area contributed by atoms with Crippen LogP contribution >= 0.6 is 24.0 Å². The summed E-state index contributed by atoms with van der Waals surface area (Å²) in [4.78, 5) is 6.90.